The maximum absolute atomic E-state index is 5.81. The fourth-order valence-electron chi connectivity index (χ4n) is 4.22. The van der Waals surface area contributed by atoms with Gasteiger partial charge in [0, 0.05) is 11.5 Å². The molecule has 0 aliphatic heterocycles. The predicted molar refractivity (Wildman–Crippen MR) is 124 cm³/mol. The Morgan fingerprint density at radius 1 is 0.793 bits per heavy atom. The Labute approximate surface area is 177 Å². The number of hydrogen-bond donors (Lipinski definition) is 0. The number of ether oxygens (including phenoxy) is 1. The molecule has 0 unspecified atom stereocenters. The van der Waals surface area contributed by atoms with Gasteiger partial charge in [-0.15, -0.1) is 0 Å². The van der Waals surface area contributed by atoms with Crippen molar-refractivity contribution in [1.29, 1.82) is 0 Å². The van der Waals surface area contributed by atoms with Gasteiger partial charge in [0.1, 0.15) is 5.75 Å². The second kappa shape index (κ2) is 11.7. The summed E-state index contributed by atoms with van der Waals surface area (Å²) in [6.45, 7) is 5.32. The van der Waals surface area contributed by atoms with E-state index in [1.165, 1.54) is 62.5 Å². The van der Waals surface area contributed by atoms with Crippen LogP contribution in [0.25, 0.3) is 11.1 Å². The first-order valence-corrected chi connectivity index (χ1v) is 11.6. The molecule has 0 N–H and O–H groups in total. The molecule has 1 nitrogen and oxygen atoms in total. The third-order valence-electron chi connectivity index (χ3n) is 6.05. The summed E-state index contributed by atoms with van der Waals surface area (Å²) in [5.74, 6) is 9.44. The molecule has 0 radical (unpaired) electrons. The molecule has 0 heterocycles. The number of hydrogen-bond acceptors (Lipinski definition) is 1. The number of benzene rings is 2. The molecule has 0 aromatic heterocycles. The summed E-state index contributed by atoms with van der Waals surface area (Å²) in [6.07, 6.45) is 11.6. The zero-order chi connectivity index (χ0) is 20.3. The predicted octanol–water partition coefficient (Wildman–Crippen LogP) is 7.88. The van der Waals surface area contributed by atoms with Gasteiger partial charge in [0.05, 0.1) is 6.61 Å². The Morgan fingerprint density at radius 3 is 2.07 bits per heavy atom. The summed E-state index contributed by atoms with van der Waals surface area (Å²) in [5.41, 5.74) is 3.58. The molecule has 1 aliphatic carbocycles. The fraction of sp³-hybridized carbons (Fsp3) is 0.500. The highest BCUT2D eigenvalue weighted by Crippen LogP contribution is 2.31. The lowest BCUT2D eigenvalue weighted by molar-refractivity contribution is 0.300. The lowest BCUT2D eigenvalue weighted by atomic mass is 9.80. The van der Waals surface area contributed by atoms with E-state index >= 15 is 0 Å². The monoisotopic (exact) mass is 388 g/mol. The van der Waals surface area contributed by atoms with Crippen molar-refractivity contribution in [1.82, 2.24) is 0 Å². The van der Waals surface area contributed by atoms with Crippen LogP contribution < -0.4 is 4.74 Å². The first-order chi connectivity index (χ1) is 14.3. The first-order valence-electron chi connectivity index (χ1n) is 11.6. The second-order valence-corrected chi connectivity index (χ2v) is 8.43. The van der Waals surface area contributed by atoms with Crippen LogP contribution in [0, 0.1) is 23.7 Å². The Balaban J connectivity index is 1.51. The van der Waals surface area contributed by atoms with Crippen molar-refractivity contribution in [3.8, 4) is 28.7 Å². The molecule has 0 spiro atoms. The van der Waals surface area contributed by atoms with Crippen LogP contribution in [0.15, 0.2) is 48.5 Å². The van der Waals surface area contributed by atoms with E-state index in [1.54, 1.807) is 0 Å². The second-order valence-electron chi connectivity index (χ2n) is 8.43. The van der Waals surface area contributed by atoms with Crippen LogP contribution in [0.2, 0.25) is 0 Å². The molecule has 0 amide bonds. The molecule has 29 heavy (non-hydrogen) atoms. The van der Waals surface area contributed by atoms with Crippen molar-refractivity contribution >= 4 is 0 Å². The minimum Gasteiger partial charge on any atom is -0.494 e. The van der Waals surface area contributed by atoms with Gasteiger partial charge in [-0.05, 0) is 73.4 Å². The Morgan fingerprint density at radius 2 is 1.45 bits per heavy atom. The normalized spacial score (nSPS) is 18.7. The molecule has 0 bridgehead atoms. The van der Waals surface area contributed by atoms with Crippen LogP contribution in [-0.2, 0) is 0 Å². The highest BCUT2D eigenvalue weighted by atomic mass is 16.5. The van der Waals surface area contributed by atoms with E-state index in [2.05, 4.69) is 74.2 Å². The van der Waals surface area contributed by atoms with Crippen molar-refractivity contribution in [3.05, 3.63) is 54.1 Å². The van der Waals surface area contributed by atoms with E-state index in [0.717, 1.165) is 30.3 Å². The van der Waals surface area contributed by atoms with Crippen molar-refractivity contribution < 1.29 is 4.74 Å². The Kier molecular flexibility index (Phi) is 8.69. The summed E-state index contributed by atoms with van der Waals surface area (Å²) >= 11 is 0. The lowest BCUT2D eigenvalue weighted by Gasteiger charge is -2.25. The van der Waals surface area contributed by atoms with Gasteiger partial charge in [0.15, 0.2) is 0 Å². The van der Waals surface area contributed by atoms with Gasteiger partial charge in [-0.25, -0.2) is 0 Å². The molecule has 0 saturated heterocycles. The van der Waals surface area contributed by atoms with Crippen LogP contribution in [0.4, 0.5) is 0 Å². The quantitative estimate of drug-likeness (QED) is 0.330. The molecular formula is C28H36O. The molecular weight excluding hydrogens is 352 g/mol. The van der Waals surface area contributed by atoms with Gasteiger partial charge in [0.2, 0.25) is 0 Å². The minimum absolute atomic E-state index is 0.590. The van der Waals surface area contributed by atoms with Gasteiger partial charge in [-0.3, -0.25) is 0 Å². The van der Waals surface area contributed by atoms with Crippen LogP contribution in [-0.4, -0.2) is 6.61 Å². The highest BCUT2D eigenvalue weighted by molar-refractivity contribution is 5.65. The zero-order valence-electron chi connectivity index (χ0n) is 18.3. The smallest absolute Gasteiger partial charge is 0.119 e. The van der Waals surface area contributed by atoms with Gasteiger partial charge in [0.25, 0.3) is 0 Å². The summed E-state index contributed by atoms with van der Waals surface area (Å²) in [5, 5.41) is 0. The molecule has 0 atom stereocenters. The van der Waals surface area contributed by atoms with Crippen LogP contribution in [0.1, 0.15) is 77.2 Å². The maximum Gasteiger partial charge on any atom is 0.119 e. The number of unbranched alkanes of at least 4 members (excludes halogenated alkanes) is 2. The van der Waals surface area contributed by atoms with Gasteiger partial charge >= 0.3 is 0 Å². The van der Waals surface area contributed by atoms with E-state index in [1.807, 2.05) is 0 Å². The molecule has 1 heteroatoms. The SMILES string of the molecule is CCCCCOc1ccc(-c2ccc(C#C[C@H]3CC[C@H](CCC)CC3)cc2)cc1. The largest absolute Gasteiger partial charge is 0.494 e. The van der Waals surface area contributed by atoms with Crippen LogP contribution >= 0.6 is 0 Å². The third-order valence-corrected chi connectivity index (χ3v) is 6.05. The molecule has 2 aromatic rings. The highest BCUT2D eigenvalue weighted by Gasteiger charge is 2.18. The van der Waals surface area contributed by atoms with Crippen molar-refractivity contribution in [2.24, 2.45) is 11.8 Å². The van der Waals surface area contributed by atoms with E-state index in [9.17, 15) is 0 Å². The molecule has 1 saturated carbocycles. The van der Waals surface area contributed by atoms with E-state index in [4.69, 9.17) is 4.74 Å². The first kappa shape index (κ1) is 21.5. The van der Waals surface area contributed by atoms with E-state index in [-0.39, 0.29) is 0 Å². The van der Waals surface area contributed by atoms with Gasteiger partial charge in [-0.1, -0.05) is 75.6 Å². The minimum atomic E-state index is 0.590. The standard InChI is InChI=1S/C28H36O/c1-3-5-6-22-29-28-20-18-27(19-21-28)26-16-14-25(15-17-26)13-12-24-10-8-23(7-4-2)9-11-24/h14-21,23-24H,3-11,22H2,1-2H3/t23-,24-. The fourth-order valence-corrected chi connectivity index (χ4v) is 4.22. The van der Waals surface area contributed by atoms with E-state index in [0.29, 0.717) is 5.92 Å². The summed E-state index contributed by atoms with van der Waals surface area (Å²) in [4.78, 5) is 0. The topological polar surface area (TPSA) is 9.23 Å². The van der Waals surface area contributed by atoms with Gasteiger partial charge < -0.3 is 4.74 Å². The van der Waals surface area contributed by atoms with Crippen molar-refractivity contribution in [2.45, 2.75) is 71.6 Å². The van der Waals surface area contributed by atoms with Crippen LogP contribution in [0.3, 0.4) is 0 Å². The van der Waals surface area contributed by atoms with Crippen molar-refractivity contribution in [3.63, 3.8) is 0 Å². The summed E-state index contributed by atoms with van der Waals surface area (Å²) in [7, 11) is 0. The average molecular weight is 389 g/mol. The van der Waals surface area contributed by atoms with Crippen molar-refractivity contribution in [2.75, 3.05) is 6.61 Å². The molecule has 1 aliphatic rings. The molecule has 3 rings (SSSR count). The molecule has 154 valence electrons. The Bertz CT molecular complexity index is 768. The summed E-state index contributed by atoms with van der Waals surface area (Å²) < 4.78 is 5.81. The van der Waals surface area contributed by atoms with Crippen LogP contribution in [0.5, 0.6) is 5.75 Å². The summed E-state index contributed by atoms with van der Waals surface area (Å²) in [6, 6.07) is 17.1. The average Bonchev–Trinajstić information content (AvgIpc) is 2.77. The van der Waals surface area contributed by atoms with Gasteiger partial charge in [-0.2, -0.15) is 0 Å². The maximum atomic E-state index is 5.81. The third kappa shape index (κ3) is 6.97. The molecule has 1 fully saturated rings. The van der Waals surface area contributed by atoms with E-state index < -0.39 is 0 Å². The lowest BCUT2D eigenvalue weighted by Crippen LogP contribution is -2.13. The number of rotatable bonds is 8. The Hall–Kier alpha value is -2.20. The molecule has 2 aromatic carbocycles. The zero-order valence-corrected chi connectivity index (χ0v) is 18.3.